The van der Waals surface area contributed by atoms with Gasteiger partial charge in [0.15, 0.2) is 0 Å². The van der Waals surface area contributed by atoms with Crippen molar-refractivity contribution in [3.63, 3.8) is 0 Å². The molecule has 160 valence electrons. The minimum atomic E-state index is -3.70. The minimum Gasteiger partial charge on any atom is -0.450 e. The van der Waals surface area contributed by atoms with Gasteiger partial charge in [-0.15, -0.1) is 0 Å². The monoisotopic (exact) mass is 431 g/mol. The number of carbonyl (C=O) groups excluding carboxylic acids is 2. The van der Waals surface area contributed by atoms with Gasteiger partial charge in [0.2, 0.25) is 10.0 Å². The number of ether oxygens (including phenoxy) is 1. The molecular weight excluding hydrogens is 406 g/mol. The van der Waals surface area contributed by atoms with Crippen LogP contribution in [0.3, 0.4) is 0 Å². The first kappa shape index (κ1) is 21.8. The maximum atomic E-state index is 13.0. The van der Waals surface area contributed by atoms with E-state index in [1.54, 1.807) is 50.2 Å². The Bertz CT molecular complexity index is 1020. The normalized spacial score (nSPS) is 14.9. The number of piperazine rings is 1. The van der Waals surface area contributed by atoms with Crippen LogP contribution in [-0.2, 0) is 14.8 Å². The van der Waals surface area contributed by atoms with Gasteiger partial charge < -0.3 is 15.0 Å². The maximum absolute atomic E-state index is 13.0. The summed E-state index contributed by atoms with van der Waals surface area (Å²) in [5.74, 6) is -0.260. The molecule has 1 aliphatic heterocycles. The molecule has 1 saturated heterocycles. The number of rotatable bonds is 5. The van der Waals surface area contributed by atoms with E-state index in [1.807, 2.05) is 6.07 Å². The molecule has 8 nitrogen and oxygen atoms in total. The molecule has 0 aliphatic carbocycles. The van der Waals surface area contributed by atoms with Crippen molar-refractivity contribution in [1.82, 2.24) is 9.21 Å². The topological polar surface area (TPSA) is 96.0 Å². The van der Waals surface area contributed by atoms with Crippen LogP contribution in [0.5, 0.6) is 0 Å². The summed E-state index contributed by atoms with van der Waals surface area (Å²) in [6.45, 7) is 4.72. The molecule has 0 radical (unpaired) electrons. The summed E-state index contributed by atoms with van der Waals surface area (Å²) in [6.07, 6.45) is -0.427. The van der Waals surface area contributed by atoms with E-state index in [1.165, 1.54) is 15.3 Å². The molecular formula is C21H25N3O5S. The molecule has 1 N–H and O–H groups in total. The molecule has 0 bridgehead atoms. The van der Waals surface area contributed by atoms with Crippen molar-refractivity contribution in [2.45, 2.75) is 18.7 Å². The molecule has 1 fully saturated rings. The van der Waals surface area contributed by atoms with Gasteiger partial charge in [-0.25, -0.2) is 13.2 Å². The van der Waals surface area contributed by atoms with E-state index in [9.17, 15) is 18.0 Å². The number of carbonyl (C=O) groups is 2. The molecule has 1 heterocycles. The van der Waals surface area contributed by atoms with Crippen molar-refractivity contribution in [3.05, 3.63) is 59.7 Å². The van der Waals surface area contributed by atoms with Crippen molar-refractivity contribution >= 4 is 27.7 Å². The van der Waals surface area contributed by atoms with Crippen molar-refractivity contribution in [2.75, 3.05) is 38.1 Å². The molecule has 30 heavy (non-hydrogen) atoms. The number of aryl methyl sites for hydroxylation is 1. The summed E-state index contributed by atoms with van der Waals surface area (Å²) in [7, 11) is -3.70. The molecule has 2 aromatic carbocycles. The molecule has 0 atom stereocenters. The van der Waals surface area contributed by atoms with Crippen LogP contribution in [0.2, 0.25) is 0 Å². The second kappa shape index (κ2) is 9.27. The lowest BCUT2D eigenvalue weighted by molar-refractivity contribution is 0.0933. The Morgan fingerprint density at radius 3 is 2.30 bits per heavy atom. The Kier molecular flexibility index (Phi) is 6.73. The Morgan fingerprint density at radius 1 is 1.03 bits per heavy atom. The number of sulfonamides is 1. The first-order valence-corrected chi connectivity index (χ1v) is 11.2. The van der Waals surface area contributed by atoms with Crippen LogP contribution in [-0.4, -0.2) is 62.4 Å². The Labute approximate surface area is 176 Å². The number of amides is 2. The first-order valence-electron chi connectivity index (χ1n) is 9.72. The van der Waals surface area contributed by atoms with Gasteiger partial charge in [-0.3, -0.25) is 4.79 Å². The third-order valence-corrected chi connectivity index (χ3v) is 6.78. The van der Waals surface area contributed by atoms with Gasteiger partial charge in [-0.1, -0.05) is 18.2 Å². The highest BCUT2D eigenvalue weighted by Crippen LogP contribution is 2.24. The third kappa shape index (κ3) is 4.80. The fourth-order valence-electron chi connectivity index (χ4n) is 3.20. The summed E-state index contributed by atoms with van der Waals surface area (Å²) < 4.78 is 32.3. The van der Waals surface area contributed by atoms with E-state index in [0.29, 0.717) is 16.8 Å². The van der Waals surface area contributed by atoms with Gasteiger partial charge >= 0.3 is 6.09 Å². The number of hydrogen-bond donors (Lipinski definition) is 1. The van der Waals surface area contributed by atoms with Gasteiger partial charge in [0.05, 0.1) is 11.5 Å². The first-order chi connectivity index (χ1) is 14.3. The lowest BCUT2D eigenvalue weighted by Crippen LogP contribution is -2.50. The van der Waals surface area contributed by atoms with Crippen LogP contribution in [0.25, 0.3) is 0 Å². The Hall–Kier alpha value is -2.91. The van der Waals surface area contributed by atoms with E-state index in [2.05, 4.69) is 5.32 Å². The van der Waals surface area contributed by atoms with Crippen LogP contribution >= 0.6 is 0 Å². The van der Waals surface area contributed by atoms with Gasteiger partial charge in [0.1, 0.15) is 0 Å². The second-order valence-electron chi connectivity index (χ2n) is 6.89. The third-order valence-electron chi connectivity index (χ3n) is 4.88. The number of nitrogens with zero attached hydrogens (tertiary/aromatic N) is 2. The van der Waals surface area contributed by atoms with Gasteiger partial charge in [0.25, 0.3) is 5.91 Å². The van der Waals surface area contributed by atoms with Crippen molar-refractivity contribution in [3.8, 4) is 0 Å². The SMILES string of the molecule is CCOC(=O)N1CCN(S(=O)(=O)c2ccc(NC(=O)c3ccccc3)c(C)c2)CC1. The molecule has 0 spiro atoms. The van der Waals surface area contributed by atoms with Gasteiger partial charge in [-0.2, -0.15) is 4.31 Å². The Morgan fingerprint density at radius 2 is 1.70 bits per heavy atom. The van der Waals surface area contributed by atoms with E-state index in [0.717, 1.165) is 0 Å². The minimum absolute atomic E-state index is 0.155. The van der Waals surface area contributed by atoms with Crippen molar-refractivity contribution in [2.24, 2.45) is 0 Å². The maximum Gasteiger partial charge on any atom is 0.409 e. The van der Waals surface area contributed by atoms with E-state index < -0.39 is 16.1 Å². The number of nitrogens with one attached hydrogen (secondary N) is 1. The van der Waals surface area contributed by atoms with E-state index >= 15 is 0 Å². The average Bonchev–Trinajstić information content (AvgIpc) is 2.76. The number of benzene rings is 2. The summed E-state index contributed by atoms with van der Waals surface area (Å²) in [4.78, 5) is 25.8. The molecule has 0 unspecified atom stereocenters. The number of anilines is 1. The van der Waals surface area contributed by atoms with Crippen LogP contribution in [0.4, 0.5) is 10.5 Å². The fraction of sp³-hybridized carbons (Fsp3) is 0.333. The summed E-state index contributed by atoms with van der Waals surface area (Å²) in [5.41, 5.74) is 1.72. The summed E-state index contributed by atoms with van der Waals surface area (Å²) in [6, 6.07) is 13.4. The lowest BCUT2D eigenvalue weighted by Gasteiger charge is -2.33. The Balaban J connectivity index is 1.69. The average molecular weight is 432 g/mol. The largest absolute Gasteiger partial charge is 0.450 e. The highest BCUT2D eigenvalue weighted by Gasteiger charge is 2.30. The fourth-order valence-corrected chi connectivity index (χ4v) is 4.70. The van der Waals surface area contributed by atoms with Crippen molar-refractivity contribution in [1.29, 1.82) is 0 Å². The highest BCUT2D eigenvalue weighted by atomic mass is 32.2. The van der Waals surface area contributed by atoms with Crippen LogP contribution in [0, 0.1) is 6.92 Å². The lowest BCUT2D eigenvalue weighted by atomic mass is 10.1. The summed E-state index contributed by atoms with van der Waals surface area (Å²) >= 11 is 0. The van der Waals surface area contributed by atoms with Crippen LogP contribution < -0.4 is 5.32 Å². The van der Waals surface area contributed by atoms with Gasteiger partial charge in [-0.05, 0) is 49.7 Å². The molecule has 2 aromatic rings. The molecule has 1 aliphatic rings. The molecule has 2 amide bonds. The van der Waals surface area contributed by atoms with Gasteiger partial charge in [0, 0.05) is 37.4 Å². The zero-order chi connectivity index (χ0) is 21.7. The van der Waals surface area contributed by atoms with E-state index in [4.69, 9.17) is 4.74 Å². The zero-order valence-electron chi connectivity index (χ0n) is 17.0. The van der Waals surface area contributed by atoms with Crippen LogP contribution in [0.15, 0.2) is 53.4 Å². The second-order valence-corrected chi connectivity index (χ2v) is 8.82. The standard InChI is InChI=1S/C21H25N3O5S/c1-3-29-21(26)23-11-13-24(14-12-23)30(27,28)18-9-10-19(16(2)15-18)22-20(25)17-7-5-4-6-8-17/h4-10,15H,3,11-14H2,1-2H3,(H,22,25). The number of hydrogen-bond acceptors (Lipinski definition) is 5. The van der Waals surface area contributed by atoms with Crippen LogP contribution in [0.1, 0.15) is 22.8 Å². The zero-order valence-corrected chi connectivity index (χ0v) is 17.8. The summed E-state index contributed by atoms with van der Waals surface area (Å²) in [5, 5.41) is 2.81. The van der Waals surface area contributed by atoms with Crippen molar-refractivity contribution < 1.29 is 22.7 Å². The quantitative estimate of drug-likeness (QED) is 0.785. The van der Waals surface area contributed by atoms with E-state index in [-0.39, 0.29) is 43.6 Å². The predicted molar refractivity (Wildman–Crippen MR) is 113 cm³/mol. The highest BCUT2D eigenvalue weighted by molar-refractivity contribution is 7.89. The predicted octanol–water partition coefficient (Wildman–Crippen LogP) is 2.71. The molecule has 3 rings (SSSR count). The molecule has 0 saturated carbocycles. The molecule has 0 aromatic heterocycles. The molecule has 9 heteroatoms. The smallest absolute Gasteiger partial charge is 0.409 e.